The molecule has 0 spiro atoms. The van der Waals surface area contributed by atoms with Gasteiger partial charge in [0.25, 0.3) is 0 Å². The lowest BCUT2D eigenvalue weighted by Gasteiger charge is -2.12. The number of aliphatic hydroxyl groups excluding tert-OH is 1. The van der Waals surface area contributed by atoms with E-state index in [1.807, 2.05) is 0 Å². The predicted molar refractivity (Wildman–Crippen MR) is 73.3 cm³/mol. The highest BCUT2D eigenvalue weighted by atomic mass is 35.5. The highest BCUT2D eigenvalue weighted by Crippen LogP contribution is 2.22. The molecule has 0 fully saturated rings. The number of aliphatic hydroxyl groups is 1. The minimum atomic E-state index is -0.474. The van der Waals surface area contributed by atoms with Gasteiger partial charge in [0.05, 0.1) is 11.1 Å². The molecule has 0 saturated heterocycles. The molecule has 0 heterocycles. The van der Waals surface area contributed by atoms with Crippen molar-refractivity contribution in [3.05, 3.63) is 34.6 Å². The Morgan fingerprint density at radius 3 is 2.71 bits per heavy atom. The molecule has 0 aromatic heterocycles. The summed E-state index contributed by atoms with van der Waals surface area (Å²) in [5.41, 5.74) is 0.671. The first kappa shape index (κ1) is 14.8. The average Bonchev–Trinajstić information content (AvgIpc) is 2.24. The third-order valence-corrected chi connectivity index (χ3v) is 4.19. The van der Waals surface area contributed by atoms with Crippen LogP contribution in [0.5, 0.6) is 0 Å². The minimum absolute atomic E-state index is 0.125. The van der Waals surface area contributed by atoms with Crippen LogP contribution in [-0.4, -0.2) is 22.7 Å². The summed E-state index contributed by atoms with van der Waals surface area (Å²) in [7, 11) is 0. The number of hydrogen-bond donors (Lipinski definition) is 1. The summed E-state index contributed by atoms with van der Waals surface area (Å²) in [5, 5.41) is 9.95. The third-order valence-electron chi connectivity index (χ3n) is 2.25. The molecule has 17 heavy (non-hydrogen) atoms. The van der Waals surface area contributed by atoms with E-state index in [1.165, 1.54) is 6.07 Å². The second-order valence-corrected chi connectivity index (χ2v) is 5.96. The van der Waals surface area contributed by atoms with Gasteiger partial charge in [-0.2, -0.15) is 11.8 Å². The summed E-state index contributed by atoms with van der Waals surface area (Å²) in [6, 6.07) is 4.69. The zero-order valence-electron chi connectivity index (χ0n) is 10.1. The second kappa shape index (κ2) is 7.24. The first-order valence-corrected chi connectivity index (χ1v) is 7.22. The summed E-state index contributed by atoms with van der Waals surface area (Å²) in [6.07, 6.45) is -0.0696. The topological polar surface area (TPSA) is 20.2 Å². The Kier molecular flexibility index (Phi) is 6.31. The molecule has 1 atom stereocenters. The van der Waals surface area contributed by atoms with Crippen molar-refractivity contribution in [3.63, 3.8) is 0 Å². The van der Waals surface area contributed by atoms with Crippen molar-refractivity contribution in [1.82, 2.24) is 0 Å². The monoisotopic (exact) mass is 276 g/mol. The average molecular weight is 277 g/mol. The Balaban J connectivity index is 2.45. The molecule has 0 amide bonds. The number of halogens is 2. The van der Waals surface area contributed by atoms with Gasteiger partial charge in [0.1, 0.15) is 5.82 Å². The molecular weight excluding hydrogens is 259 g/mol. The van der Waals surface area contributed by atoms with Crippen molar-refractivity contribution in [2.24, 2.45) is 5.92 Å². The Bertz CT molecular complexity index is 357. The molecule has 0 bridgehead atoms. The van der Waals surface area contributed by atoms with Crippen LogP contribution in [-0.2, 0) is 6.42 Å². The maximum absolute atomic E-state index is 13.2. The fourth-order valence-corrected chi connectivity index (χ4v) is 2.66. The van der Waals surface area contributed by atoms with Gasteiger partial charge in [0, 0.05) is 12.2 Å². The lowest BCUT2D eigenvalue weighted by atomic mass is 10.1. The molecule has 96 valence electrons. The first-order chi connectivity index (χ1) is 8.00. The highest BCUT2D eigenvalue weighted by Gasteiger charge is 2.11. The summed E-state index contributed by atoms with van der Waals surface area (Å²) in [4.78, 5) is 0. The normalized spacial score (nSPS) is 13.1. The summed E-state index contributed by atoms with van der Waals surface area (Å²) in [5.74, 6) is 1.87. The summed E-state index contributed by atoms with van der Waals surface area (Å²) >= 11 is 7.54. The van der Waals surface area contributed by atoms with Gasteiger partial charge >= 0.3 is 0 Å². The zero-order chi connectivity index (χ0) is 12.8. The van der Waals surface area contributed by atoms with Gasteiger partial charge in [-0.1, -0.05) is 37.6 Å². The molecule has 1 N–H and O–H groups in total. The molecule has 4 heteroatoms. The fraction of sp³-hybridized carbons (Fsp3) is 0.538. The SMILES string of the molecule is CC(C)CSCC(O)Cc1cccc(F)c1Cl. The number of thioether (sulfide) groups is 1. The van der Waals surface area contributed by atoms with Crippen LogP contribution in [0.2, 0.25) is 5.02 Å². The maximum atomic E-state index is 13.2. The largest absolute Gasteiger partial charge is 0.392 e. The van der Waals surface area contributed by atoms with Gasteiger partial charge in [-0.05, 0) is 23.3 Å². The molecule has 1 aromatic carbocycles. The lowest BCUT2D eigenvalue weighted by molar-refractivity contribution is 0.200. The minimum Gasteiger partial charge on any atom is -0.392 e. The van der Waals surface area contributed by atoms with Crippen molar-refractivity contribution in [2.75, 3.05) is 11.5 Å². The van der Waals surface area contributed by atoms with Gasteiger partial charge in [-0.3, -0.25) is 0 Å². The smallest absolute Gasteiger partial charge is 0.142 e. The van der Waals surface area contributed by atoms with Crippen LogP contribution in [0.25, 0.3) is 0 Å². The Hall–Kier alpha value is -0.250. The van der Waals surface area contributed by atoms with Crippen LogP contribution in [0, 0.1) is 11.7 Å². The van der Waals surface area contributed by atoms with Crippen LogP contribution >= 0.6 is 23.4 Å². The molecule has 1 unspecified atom stereocenters. The molecule has 1 rings (SSSR count). The van der Waals surface area contributed by atoms with E-state index in [0.717, 1.165) is 5.75 Å². The van der Waals surface area contributed by atoms with Crippen molar-refractivity contribution in [2.45, 2.75) is 26.4 Å². The van der Waals surface area contributed by atoms with E-state index in [2.05, 4.69) is 13.8 Å². The molecule has 0 aliphatic carbocycles. The maximum Gasteiger partial charge on any atom is 0.142 e. The van der Waals surface area contributed by atoms with Crippen molar-refractivity contribution in [1.29, 1.82) is 0 Å². The number of rotatable bonds is 6. The first-order valence-electron chi connectivity index (χ1n) is 5.69. The van der Waals surface area contributed by atoms with Crippen LogP contribution in [0.4, 0.5) is 4.39 Å². The molecule has 1 aromatic rings. The second-order valence-electron chi connectivity index (χ2n) is 4.50. The summed E-state index contributed by atoms with van der Waals surface area (Å²) < 4.78 is 13.2. The molecule has 0 aliphatic heterocycles. The molecule has 0 saturated carbocycles. The lowest BCUT2D eigenvalue weighted by Crippen LogP contribution is -2.15. The quantitative estimate of drug-likeness (QED) is 0.853. The van der Waals surface area contributed by atoms with E-state index in [9.17, 15) is 9.50 Å². The van der Waals surface area contributed by atoms with Crippen molar-refractivity contribution < 1.29 is 9.50 Å². The van der Waals surface area contributed by atoms with Crippen molar-refractivity contribution >= 4 is 23.4 Å². The Labute approximate surface area is 111 Å². The third kappa shape index (κ3) is 5.28. The molecule has 1 nitrogen and oxygen atoms in total. The van der Waals surface area contributed by atoms with Crippen LogP contribution in [0.1, 0.15) is 19.4 Å². The van der Waals surface area contributed by atoms with Gasteiger partial charge in [-0.15, -0.1) is 0 Å². The number of hydrogen-bond acceptors (Lipinski definition) is 2. The molecular formula is C13H18ClFOS. The van der Waals surface area contributed by atoms with Gasteiger partial charge in [0.15, 0.2) is 0 Å². The Morgan fingerprint density at radius 1 is 1.35 bits per heavy atom. The fourth-order valence-electron chi connectivity index (χ4n) is 1.46. The molecule has 0 aliphatic rings. The van der Waals surface area contributed by atoms with Gasteiger partial charge < -0.3 is 5.11 Å². The van der Waals surface area contributed by atoms with E-state index in [-0.39, 0.29) is 5.02 Å². The van der Waals surface area contributed by atoms with E-state index in [4.69, 9.17) is 11.6 Å². The van der Waals surface area contributed by atoms with Crippen LogP contribution in [0.15, 0.2) is 18.2 Å². The van der Waals surface area contributed by atoms with E-state index >= 15 is 0 Å². The van der Waals surface area contributed by atoms with Crippen molar-refractivity contribution in [3.8, 4) is 0 Å². The standard InChI is InChI=1S/C13H18ClFOS/c1-9(2)7-17-8-11(16)6-10-4-3-5-12(15)13(10)14/h3-5,9,11,16H,6-8H2,1-2H3. The van der Waals surface area contributed by atoms with Crippen LogP contribution in [0.3, 0.4) is 0 Å². The van der Waals surface area contributed by atoms with E-state index in [1.54, 1.807) is 23.9 Å². The Morgan fingerprint density at radius 2 is 2.06 bits per heavy atom. The van der Waals surface area contributed by atoms with Gasteiger partial charge in [-0.25, -0.2) is 4.39 Å². The molecule has 0 radical (unpaired) electrons. The zero-order valence-corrected chi connectivity index (χ0v) is 11.7. The highest BCUT2D eigenvalue weighted by molar-refractivity contribution is 7.99. The van der Waals surface area contributed by atoms with Crippen LogP contribution < -0.4 is 0 Å². The van der Waals surface area contributed by atoms with E-state index in [0.29, 0.717) is 23.7 Å². The predicted octanol–water partition coefficient (Wildman–Crippen LogP) is 3.77. The number of benzene rings is 1. The summed E-state index contributed by atoms with van der Waals surface area (Å²) in [6.45, 7) is 4.28. The van der Waals surface area contributed by atoms with E-state index < -0.39 is 11.9 Å². The van der Waals surface area contributed by atoms with Gasteiger partial charge in [0.2, 0.25) is 0 Å².